The van der Waals surface area contributed by atoms with Gasteiger partial charge in [-0.05, 0) is 35.8 Å². The molecule has 4 nitrogen and oxygen atoms in total. The molecule has 1 N–H and O–H groups in total. The molecule has 1 unspecified atom stereocenters. The summed E-state index contributed by atoms with van der Waals surface area (Å²) in [6.45, 7) is 12.8. The molecule has 0 spiro atoms. The standard InChI is InChI=1S/C22H33NO3S/c1-14(2)11-19(21(25)23-20-15(3)26-12-18(20)24)27-13-16-7-9-17(10-8-16)22(4,5)6/h7-10,14-15,19-20H,11-13H2,1-6H3,(H,23,25)/t15?,19-,20-/m1/s1. The Labute approximate surface area is 167 Å². The van der Waals surface area contributed by atoms with Crippen molar-refractivity contribution in [3.63, 3.8) is 0 Å². The summed E-state index contributed by atoms with van der Waals surface area (Å²) in [5.41, 5.74) is 2.66. The van der Waals surface area contributed by atoms with Crippen LogP contribution in [0.25, 0.3) is 0 Å². The Balaban J connectivity index is 1.99. The lowest BCUT2D eigenvalue weighted by atomic mass is 9.87. The molecule has 1 aliphatic heterocycles. The zero-order valence-corrected chi connectivity index (χ0v) is 18.2. The fourth-order valence-electron chi connectivity index (χ4n) is 3.08. The van der Waals surface area contributed by atoms with E-state index in [9.17, 15) is 9.59 Å². The molecular formula is C22H33NO3S. The van der Waals surface area contributed by atoms with Crippen LogP contribution in [0.15, 0.2) is 24.3 Å². The van der Waals surface area contributed by atoms with E-state index in [1.54, 1.807) is 11.8 Å². The van der Waals surface area contributed by atoms with Gasteiger partial charge in [-0.2, -0.15) is 0 Å². The third-order valence-corrected chi connectivity index (χ3v) is 6.16. The predicted octanol–water partition coefficient (Wildman–Crippen LogP) is 4.10. The number of ketones is 1. The summed E-state index contributed by atoms with van der Waals surface area (Å²) < 4.78 is 5.34. The first-order chi connectivity index (χ1) is 12.6. The molecular weight excluding hydrogens is 358 g/mol. The number of hydrogen-bond donors (Lipinski definition) is 1. The van der Waals surface area contributed by atoms with Crippen molar-refractivity contribution in [3.8, 4) is 0 Å². The summed E-state index contributed by atoms with van der Waals surface area (Å²) in [5.74, 6) is 1.09. The van der Waals surface area contributed by atoms with Gasteiger partial charge in [-0.1, -0.05) is 58.9 Å². The summed E-state index contributed by atoms with van der Waals surface area (Å²) in [7, 11) is 0. The van der Waals surface area contributed by atoms with E-state index in [1.165, 1.54) is 11.1 Å². The molecule has 0 radical (unpaired) electrons. The van der Waals surface area contributed by atoms with Gasteiger partial charge in [0, 0.05) is 5.75 Å². The van der Waals surface area contributed by atoms with Gasteiger partial charge >= 0.3 is 0 Å². The van der Waals surface area contributed by atoms with Crippen molar-refractivity contribution in [1.82, 2.24) is 5.32 Å². The summed E-state index contributed by atoms with van der Waals surface area (Å²) in [5, 5.41) is 2.74. The van der Waals surface area contributed by atoms with Gasteiger partial charge in [-0.3, -0.25) is 9.59 Å². The van der Waals surface area contributed by atoms with Crippen LogP contribution >= 0.6 is 11.8 Å². The molecule has 150 valence electrons. The number of thioether (sulfide) groups is 1. The van der Waals surface area contributed by atoms with Crippen LogP contribution in [0, 0.1) is 5.92 Å². The van der Waals surface area contributed by atoms with Gasteiger partial charge < -0.3 is 10.1 Å². The van der Waals surface area contributed by atoms with Gasteiger partial charge in [-0.15, -0.1) is 11.8 Å². The van der Waals surface area contributed by atoms with Gasteiger partial charge in [0.25, 0.3) is 0 Å². The lowest BCUT2D eigenvalue weighted by Crippen LogP contribution is -2.47. The maximum Gasteiger partial charge on any atom is 0.233 e. The zero-order valence-electron chi connectivity index (χ0n) is 17.4. The van der Waals surface area contributed by atoms with Crippen LogP contribution in [0.5, 0.6) is 0 Å². The predicted molar refractivity (Wildman–Crippen MR) is 112 cm³/mol. The number of benzene rings is 1. The van der Waals surface area contributed by atoms with Crippen LogP contribution in [-0.2, 0) is 25.5 Å². The minimum Gasteiger partial charge on any atom is -0.368 e. The number of rotatable bonds is 7. The van der Waals surface area contributed by atoms with E-state index in [-0.39, 0.29) is 35.1 Å². The van der Waals surface area contributed by atoms with E-state index in [0.717, 1.165) is 12.2 Å². The highest BCUT2D eigenvalue weighted by Gasteiger charge is 2.35. The van der Waals surface area contributed by atoms with Crippen molar-refractivity contribution in [1.29, 1.82) is 0 Å². The average Bonchev–Trinajstić information content (AvgIpc) is 2.89. The maximum atomic E-state index is 12.8. The van der Waals surface area contributed by atoms with Gasteiger partial charge in [-0.25, -0.2) is 0 Å². The second-order valence-electron chi connectivity index (χ2n) is 8.84. The normalized spacial score (nSPS) is 21.5. The average molecular weight is 392 g/mol. The topological polar surface area (TPSA) is 55.4 Å². The first-order valence-electron chi connectivity index (χ1n) is 9.73. The van der Waals surface area contributed by atoms with Crippen molar-refractivity contribution in [2.45, 2.75) is 76.5 Å². The van der Waals surface area contributed by atoms with E-state index in [2.05, 4.69) is 64.2 Å². The zero-order chi connectivity index (χ0) is 20.2. The second-order valence-corrected chi connectivity index (χ2v) is 10.0. The molecule has 1 heterocycles. The first-order valence-corrected chi connectivity index (χ1v) is 10.8. The maximum absolute atomic E-state index is 12.8. The van der Waals surface area contributed by atoms with Crippen LogP contribution in [0.4, 0.5) is 0 Å². The second kappa shape index (κ2) is 9.24. The monoisotopic (exact) mass is 391 g/mol. The molecule has 3 atom stereocenters. The van der Waals surface area contributed by atoms with Crippen molar-refractivity contribution in [2.75, 3.05) is 6.61 Å². The molecule has 1 aromatic carbocycles. The Morgan fingerprint density at radius 3 is 2.37 bits per heavy atom. The molecule has 1 fully saturated rings. The first kappa shape index (κ1) is 22.0. The Bertz CT molecular complexity index is 649. The van der Waals surface area contributed by atoms with Crippen LogP contribution in [0.1, 0.15) is 59.1 Å². The molecule has 27 heavy (non-hydrogen) atoms. The van der Waals surface area contributed by atoms with E-state index in [4.69, 9.17) is 4.74 Å². The minimum atomic E-state index is -0.515. The molecule has 1 aromatic rings. The number of amides is 1. The van der Waals surface area contributed by atoms with Crippen LogP contribution in [0.3, 0.4) is 0 Å². The Morgan fingerprint density at radius 1 is 1.26 bits per heavy atom. The van der Waals surface area contributed by atoms with E-state index >= 15 is 0 Å². The molecule has 0 aliphatic carbocycles. The quantitative estimate of drug-likeness (QED) is 0.760. The van der Waals surface area contributed by atoms with Crippen LogP contribution < -0.4 is 5.32 Å². The number of nitrogens with one attached hydrogen (secondary N) is 1. The molecule has 1 saturated heterocycles. The van der Waals surface area contributed by atoms with Gasteiger partial charge in [0.2, 0.25) is 5.91 Å². The smallest absolute Gasteiger partial charge is 0.233 e. The minimum absolute atomic E-state index is 0.0399. The van der Waals surface area contributed by atoms with Crippen LogP contribution in [0.2, 0.25) is 0 Å². The van der Waals surface area contributed by atoms with Gasteiger partial charge in [0.15, 0.2) is 5.78 Å². The summed E-state index contributed by atoms with van der Waals surface area (Å²) in [4.78, 5) is 24.7. The van der Waals surface area contributed by atoms with Crippen molar-refractivity contribution >= 4 is 23.5 Å². The number of ether oxygens (including phenoxy) is 1. The fraction of sp³-hybridized carbons (Fsp3) is 0.636. The number of hydrogen-bond acceptors (Lipinski definition) is 4. The molecule has 0 aromatic heterocycles. The lowest BCUT2D eigenvalue weighted by molar-refractivity contribution is -0.126. The number of carbonyl (C=O) groups excluding carboxylic acids is 2. The lowest BCUT2D eigenvalue weighted by Gasteiger charge is -2.22. The van der Waals surface area contributed by atoms with E-state index in [1.807, 2.05) is 6.92 Å². The number of carbonyl (C=O) groups is 2. The summed E-state index contributed by atoms with van der Waals surface area (Å²) >= 11 is 1.65. The molecule has 1 amide bonds. The third kappa shape index (κ3) is 6.35. The summed E-state index contributed by atoms with van der Waals surface area (Å²) in [6.07, 6.45) is 0.531. The van der Waals surface area contributed by atoms with E-state index in [0.29, 0.717) is 5.92 Å². The van der Waals surface area contributed by atoms with E-state index < -0.39 is 6.04 Å². The highest BCUT2D eigenvalue weighted by atomic mass is 32.2. The third-order valence-electron chi connectivity index (χ3n) is 4.85. The highest BCUT2D eigenvalue weighted by molar-refractivity contribution is 7.99. The number of Topliss-reactive ketones (excluding diaryl/α,β-unsaturated/α-hetero) is 1. The largest absolute Gasteiger partial charge is 0.368 e. The molecule has 5 heteroatoms. The van der Waals surface area contributed by atoms with Crippen LogP contribution in [-0.4, -0.2) is 35.7 Å². The fourth-order valence-corrected chi connectivity index (χ4v) is 4.41. The Morgan fingerprint density at radius 2 is 1.89 bits per heavy atom. The van der Waals surface area contributed by atoms with Crippen molar-refractivity contribution in [2.24, 2.45) is 5.92 Å². The van der Waals surface area contributed by atoms with Crippen molar-refractivity contribution < 1.29 is 14.3 Å². The van der Waals surface area contributed by atoms with Gasteiger partial charge in [0.1, 0.15) is 12.6 Å². The molecule has 2 rings (SSSR count). The molecule has 1 aliphatic rings. The molecule has 0 bridgehead atoms. The summed E-state index contributed by atoms with van der Waals surface area (Å²) in [6, 6.07) is 8.12. The Hall–Kier alpha value is -1.33. The molecule has 0 saturated carbocycles. The van der Waals surface area contributed by atoms with Crippen molar-refractivity contribution in [3.05, 3.63) is 35.4 Å². The SMILES string of the molecule is CC(C)C[C@@H](SCc1ccc(C(C)(C)C)cc1)C(=O)N[C@H]1C(=O)COC1C. The Kier molecular flexibility index (Phi) is 7.52. The highest BCUT2D eigenvalue weighted by Crippen LogP contribution is 2.27. The van der Waals surface area contributed by atoms with Gasteiger partial charge in [0.05, 0.1) is 11.4 Å².